The first kappa shape index (κ1) is 37.9. The molecule has 2 aliphatic rings. The number of rotatable bonds is 6. The van der Waals surface area contributed by atoms with Gasteiger partial charge in [0.15, 0.2) is 46.0 Å². The summed E-state index contributed by atoms with van der Waals surface area (Å²) < 4.78 is 57.5. The van der Waals surface area contributed by atoms with Crippen LogP contribution >= 0.6 is 0 Å². The van der Waals surface area contributed by atoms with Gasteiger partial charge in [0.05, 0.1) is 12.4 Å². The molecule has 0 bridgehead atoms. The number of likely N-dealkylation sites (tertiary alicyclic amines) is 1. The molecule has 0 spiro atoms. The van der Waals surface area contributed by atoms with Crippen LogP contribution in [0.1, 0.15) is 54.0 Å². The second-order valence-corrected chi connectivity index (χ2v) is 15.1. The number of fused-ring (bicyclic) bond motifs is 2. The number of benzene rings is 3. The summed E-state index contributed by atoms with van der Waals surface area (Å²) in [5.41, 5.74) is 3.00. The fourth-order valence-electron chi connectivity index (χ4n) is 7.88. The van der Waals surface area contributed by atoms with Crippen LogP contribution < -0.4 is 16.4 Å². The predicted molar refractivity (Wildman–Crippen MR) is 206 cm³/mol. The molecule has 2 aliphatic heterocycles. The normalized spacial score (nSPS) is 19.7. The van der Waals surface area contributed by atoms with E-state index in [-0.39, 0.29) is 39.9 Å². The smallest absolute Gasteiger partial charge is 0.276 e. The van der Waals surface area contributed by atoms with Crippen LogP contribution in [0.25, 0.3) is 33.8 Å². The number of aryl methyl sites for hydroxylation is 2. The first-order chi connectivity index (χ1) is 27.4. The lowest BCUT2D eigenvalue weighted by Gasteiger charge is -2.16. The van der Waals surface area contributed by atoms with Crippen molar-refractivity contribution in [2.24, 2.45) is 11.8 Å². The van der Waals surface area contributed by atoms with Crippen molar-refractivity contribution >= 4 is 11.0 Å². The molecule has 0 amide bonds. The highest BCUT2D eigenvalue weighted by Gasteiger charge is 2.33. The van der Waals surface area contributed by atoms with Crippen molar-refractivity contribution < 1.29 is 17.6 Å². The van der Waals surface area contributed by atoms with Crippen LogP contribution in [0.15, 0.2) is 76.6 Å². The third-order valence-electron chi connectivity index (χ3n) is 11.0. The largest absolute Gasteiger partial charge is 0.316 e. The fraction of sp³-hybridized carbons (Fsp3) is 0.317. The second kappa shape index (κ2) is 15.2. The van der Waals surface area contributed by atoms with Gasteiger partial charge in [-0.05, 0) is 73.2 Å². The number of aromatic nitrogens is 8. The minimum absolute atomic E-state index is 0.0390. The summed E-state index contributed by atoms with van der Waals surface area (Å²) >= 11 is 0. The van der Waals surface area contributed by atoms with E-state index in [2.05, 4.69) is 61.2 Å². The Kier molecular flexibility index (Phi) is 10.1. The summed E-state index contributed by atoms with van der Waals surface area (Å²) in [6.45, 7) is 11.6. The van der Waals surface area contributed by atoms with Crippen molar-refractivity contribution in [1.82, 2.24) is 49.4 Å². The molecule has 294 valence electrons. The first-order valence-electron chi connectivity index (χ1n) is 18.7. The van der Waals surface area contributed by atoms with E-state index in [4.69, 9.17) is 5.10 Å². The van der Waals surface area contributed by atoms with Gasteiger partial charge in [0.1, 0.15) is 11.6 Å². The molecule has 2 fully saturated rings. The number of hydrogen-bond donors (Lipinski definition) is 3. The number of nitrogens with zero attached hydrogens (tertiary/aromatic N) is 7. The number of imidazole rings is 2. The maximum atomic E-state index is 13.9. The van der Waals surface area contributed by atoms with Crippen molar-refractivity contribution in [3.63, 3.8) is 0 Å². The van der Waals surface area contributed by atoms with Gasteiger partial charge >= 0.3 is 0 Å². The van der Waals surface area contributed by atoms with Crippen molar-refractivity contribution in [1.29, 1.82) is 0 Å². The Hall–Kier alpha value is -6.00. The number of hydrogen-bond acceptors (Lipinski definition) is 8. The summed E-state index contributed by atoms with van der Waals surface area (Å²) in [6, 6.07) is 14.7. The highest BCUT2D eigenvalue weighted by atomic mass is 19.2. The van der Waals surface area contributed by atoms with Crippen LogP contribution in [-0.2, 0) is 6.54 Å². The molecular weight excluding hydrogens is 741 g/mol. The molecule has 4 aromatic heterocycles. The molecule has 9 rings (SSSR count). The topological polar surface area (TPSA) is 141 Å². The van der Waals surface area contributed by atoms with E-state index < -0.39 is 23.3 Å². The Morgan fingerprint density at radius 2 is 1.18 bits per heavy atom. The van der Waals surface area contributed by atoms with Gasteiger partial charge in [0.2, 0.25) is 0 Å². The van der Waals surface area contributed by atoms with Crippen LogP contribution in [0.4, 0.5) is 17.6 Å². The molecular formula is C41H40F4N10O2. The molecule has 3 aromatic carbocycles. The van der Waals surface area contributed by atoms with E-state index in [0.29, 0.717) is 51.5 Å². The standard InChI is InChI=1S/C24H23F2N5O.C17H17F2N5O/c1-14-8-19(25)20(26)9-17(14)23-27-10-21-24(32)28-22(29-31(21)23)18-13-30(11-15(18)2)12-16-6-4-3-5-7-16;1-8-3-12(18)13(19)4-10(8)16-21-7-14-17(25)22-15(23-24(14)16)11-6-20-5-9(11)2/h3-10,15,18H,11-13H2,1-2H3,(H,28,29,32);3-4,7,9,11,20H,5-6H2,1-2H3,(H,22,23,25). The Bertz CT molecular complexity index is 2740. The summed E-state index contributed by atoms with van der Waals surface area (Å²) in [5.74, 6) is -1.25. The van der Waals surface area contributed by atoms with Crippen LogP contribution in [-0.4, -0.2) is 70.2 Å². The van der Waals surface area contributed by atoms with Gasteiger partial charge in [0, 0.05) is 49.1 Å². The van der Waals surface area contributed by atoms with Crippen molar-refractivity contribution in [2.45, 2.75) is 46.1 Å². The highest BCUT2D eigenvalue weighted by molar-refractivity contribution is 5.65. The van der Waals surface area contributed by atoms with E-state index in [0.717, 1.165) is 57.0 Å². The Balaban J connectivity index is 0.000000165. The molecule has 16 heteroatoms. The number of aromatic amines is 2. The summed E-state index contributed by atoms with van der Waals surface area (Å²) in [4.78, 5) is 41.8. The zero-order valence-electron chi connectivity index (χ0n) is 31.7. The molecule has 0 radical (unpaired) electrons. The molecule has 12 nitrogen and oxygen atoms in total. The van der Waals surface area contributed by atoms with Gasteiger partial charge in [0.25, 0.3) is 11.1 Å². The average molecular weight is 781 g/mol. The van der Waals surface area contributed by atoms with Crippen molar-refractivity contribution in [2.75, 3.05) is 26.2 Å². The monoisotopic (exact) mass is 780 g/mol. The zero-order chi connectivity index (χ0) is 40.1. The van der Waals surface area contributed by atoms with Gasteiger partial charge < -0.3 is 15.3 Å². The zero-order valence-corrected chi connectivity index (χ0v) is 31.7. The quantitative estimate of drug-likeness (QED) is 0.177. The summed E-state index contributed by atoms with van der Waals surface area (Å²) in [7, 11) is 0. The van der Waals surface area contributed by atoms with Crippen molar-refractivity contribution in [3.05, 3.63) is 139 Å². The van der Waals surface area contributed by atoms with Gasteiger partial charge in [-0.15, -0.1) is 0 Å². The van der Waals surface area contributed by atoms with E-state index in [1.807, 2.05) is 18.2 Å². The van der Waals surface area contributed by atoms with Gasteiger partial charge in [-0.1, -0.05) is 44.2 Å². The molecule has 2 saturated heterocycles. The molecule has 4 atom stereocenters. The maximum absolute atomic E-state index is 13.9. The van der Waals surface area contributed by atoms with Crippen LogP contribution in [0, 0.1) is 49.0 Å². The van der Waals surface area contributed by atoms with E-state index in [1.165, 1.54) is 27.0 Å². The van der Waals surface area contributed by atoms with Crippen LogP contribution in [0.2, 0.25) is 0 Å². The van der Waals surface area contributed by atoms with Gasteiger partial charge in [-0.3, -0.25) is 14.5 Å². The Labute approximate surface area is 323 Å². The summed E-state index contributed by atoms with van der Waals surface area (Å²) in [5, 5.41) is 12.5. The van der Waals surface area contributed by atoms with E-state index in [1.54, 1.807) is 13.8 Å². The summed E-state index contributed by atoms with van der Waals surface area (Å²) in [6.07, 6.45) is 2.80. The number of halogens is 4. The SMILES string of the molecule is Cc1cc(F)c(F)cc1-c1ncc2c(=O)[nH]c(C3CN(Cc4ccccc4)CC3C)nn12.Cc1cc(F)c(F)cc1-c1ncc2c(=O)[nH]c(C3CNCC3C)nn12. The third kappa shape index (κ3) is 7.26. The minimum atomic E-state index is -0.964. The molecule has 6 heterocycles. The fourth-order valence-corrected chi connectivity index (χ4v) is 7.88. The minimum Gasteiger partial charge on any atom is -0.316 e. The van der Waals surface area contributed by atoms with Crippen molar-refractivity contribution in [3.8, 4) is 22.8 Å². The molecule has 57 heavy (non-hydrogen) atoms. The molecule has 4 unspecified atom stereocenters. The second-order valence-electron chi connectivity index (χ2n) is 15.1. The molecule has 0 aliphatic carbocycles. The Morgan fingerprint density at radius 1 is 0.667 bits per heavy atom. The van der Waals surface area contributed by atoms with Crippen LogP contribution in [0.5, 0.6) is 0 Å². The third-order valence-corrected chi connectivity index (χ3v) is 11.0. The lowest BCUT2D eigenvalue weighted by molar-refractivity contribution is 0.318. The average Bonchev–Trinajstić information content (AvgIpc) is 3.99. The van der Waals surface area contributed by atoms with Crippen LogP contribution in [0.3, 0.4) is 0 Å². The first-order valence-corrected chi connectivity index (χ1v) is 18.7. The highest BCUT2D eigenvalue weighted by Crippen LogP contribution is 2.32. The van der Waals surface area contributed by atoms with Gasteiger partial charge in [-0.2, -0.15) is 10.2 Å². The predicted octanol–water partition coefficient (Wildman–Crippen LogP) is 5.90. The van der Waals surface area contributed by atoms with Gasteiger partial charge in [-0.25, -0.2) is 36.6 Å². The molecule has 0 saturated carbocycles. The van der Waals surface area contributed by atoms with E-state index >= 15 is 0 Å². The Morgan fingerprint density at radius 3 is 1.68 bits per heavy atom. The molecule has 7 aromatic rings. The maximum Gasteiger partial charge on any atom is 0.276 e. The lowest BCUT2D eigenvalue weighted by Crippen LogP contribution is -2.23. The number of nitrogens with one attached hydrogen (secondary N) is 3. The van der Waals surface area contributed by atoms with E-state index in [9.17, 15) is 27.2 Å². The lowest BCUT2D eigenvalue weighted by atomic mass is 9.97. The number of H-pyrrole nitrogens is 2. The molecule has 3 N–H and O–H groups in total.